The van der Waals surface area contributed by atoms with Crippen molar-refractivity contribution in [1.29, 1.82) is 0 Å². The van der Waals surface area contributed by atoms with E-state index in [4.69, 9.17) is 11.5 Å². The number of hydrogen-bond acceptors (Lipinski definition) is 3. The normalized spacial score (nSPS) is 24.4. The zero-order chi connectivity index (χ0) is 10.7. The molecule has 5 heteroatoms. The summed E-state index contributed by atoms with van der Waals surface area (Å²) in [6.07, 6.45) is 2.52. The molecule has 1 aliphatic heterocycles. The maximum atomic E-state index is 11.6. The summed E-state index contributed by atoms with van der Waals surface area (Å²) in [5.74, 6) is -0.618. The standard InChI is InChI=1S/C9H17N3O2/c1-6(10)9(14)12-5-3-2-4-7(12)8(11)13/h6-7H,2-5,10H2,1H3,(H2,11,13). The van der Waals surface area contributed by atoms with Crippen molar-refractivity contribution in [3.8, 4) is 0 Å². The fourth-order valence-electron chi connectivity index (χ4n) is 1.75. The van der Waals surface area contributed by atoms with Gasteiger partial charge in [-0.05, 0) is 26.2 Å². The van der Waals surface area contributed by atoms with Crippen molar-refractivity contribution >= 4 is 11.8 Å². The van der Waals surface area contributed by atoms with Crippen molar-refractivity contribution in [3.63, 3.8) is 0 Å². The lowest BCUT2D eigenvalue weighted by Gasteiger charge is -2.34. The van der Waals surface area contributed by atoms with E-state index in [0.29, 0.717) is 13.0 Å². The smallest absolute Gasteiger partial charge is 0.240 e. The van der Waals surface area contributed by atoms with Crippen LogP contribution in [-0.4, -0.2) is 35.3 Å². The van der Waals surface area contributed by atoms with Gasteiger partial charge in [0, 0.05) is 6.54 Å². The Bertz CT molecular complexity index is 240. The largest absolute Gasteiger partial charge is 0.368 e. The summed E-state index contributed by atoms with van der Waals surface area (Å²) in [5, 5.41) is 0. The van der Waals surface area contributed by atoms with E-state index in [1.807, 2.05) is 0 Å². The van der Waals surface area contributed by atoms with Crippen molar-refractivity contribution in [2.24, 2.45) is 11.5 Å². The molecule has 1 fully saturated rings. The van der Waals surface area contributed by atoms with Crippen LogP contribution in [0.25, 0.3) is 0 Å². The second-order valence-electron chi connectivity index (χ2n) is 3.73. The number of carbonyl (C=O) groups is 2. The average Bonchev–Trinajstić information content (AvgIpc) is 2.16. The van der Waals surface area contributed by atoms with Crippen LogP contribution in [0.2, 0.25) is 0 Å². The highest BCUT2D eigenvalue weighted by molar-refractivity contribution is 5.88. The Labute approximate surface area is 83.4 Å². The van der Waals surface area contributed by atoms with Gasteiger partial charge in [0.1, 0.15) is 6.04 Å². The molecule has 1 rings (SSSR count). The molecule has 80 valence electrons. The molecule has 14 heavy (non-hydrogen) atoms. The van der Waals surface area contributed by atoms with Crippen LogP contribution < -0.4 is 11.5 Å². The zero-order valence-electron chi connectivity index (χ0n) is 8.40. The minimum Gasteiger partial charge on any atom is -0.368 e. The van der Waals surface area contributed by atoms with E-state index in [9.17, 15) is 9.59 Å². The molecule has 0 spiro atoms. The quantitative estimate of drug-likeness (QED) is 0.610. The molecule has 1 heterocycles. The molecule has 5 nitrogen and oxygen atoms in total. The van der Waals surface area contributed by atoms with Crippen molar-refractivity contribution < 1.29 is 9.59 Å². The predicted molar refractivity (Wildman–Crippen MR) is 52.2 cm³/mol. The van der Waals surface area contributed by atoms with E-state index < -0.39 is 18.0 Å². The number of primary amides is 1. The maximum Gasteiger partial charge on any atom is 0.240 e. The molecule has 0 aromatic carbocycles. The van der Waals surface area contributed by atoms with Gasteiger partial charge in [-0.3, -0.25) is 9.59 Å². The second-order valence-corrected chi connectivity index (χ2v) is 3.73. The molecule has 2 amide bonds. The van der Waals surface area contributed by atoms with Crippen LogP contribution in [0.1, 0.15) is 26.2 Å². The molecule has 0 aromatic heterocycles. The predicted octanol–water partition coefficient (Wildman–Crippen LogP) is -0.800. The number of amides is 2. The SMILES string of the molecule is CC(N)C(=O)N1CCCCC1C(N)=O. The van der Waals surface area contributed by atoms with Crippen LogP contribution in [0, 0.1) is 0 Å². The average molecular weight is 199 g/mol. The van der Waals surface area contributed by atoms with Crippen LogP contribution in [0.3, 0.4) is 0 Å². The molecule has 0 aromatic rings. The Morgan fingerprint density at radius 1 is 1.43 bits per heavy atom. The molecular weight excluding hydrogens is 182 g/mol. The highest BCUT2D eigenvalue weighted by atomic mass is 16.2. The summed E-state index contributed by atoms with van der Waals surface area (Å²) >= 11 is 0. The zero-order valence-corrected chi connectivity index (χ0v) is 8.40. The molecule has 1 saturated heterocycles. The van der Waals surface area contributed by atoms with Crippen molar-refractivity contribution in [3.05, 3.63) is 0 Å². The van der Waals surface area contributed by atoms with Gasteiger partial charge in [0.05, 0.1) is 6.04 Å². The van der Waals surface area contributed by atoms with Gasteiger partial charge in [-0.1, -0.05) is 0 Å². The molecule has 0 saturated carbocycles. The summed E-state index contributed by atoms with van der Waals surface area (Å²) < 4.78 is 0. The van der Waals surface area contributed by atoms with Crippen molar-refractivity contribution in [2.75, 3.05) is 6.54 Å². The lowest BCUT2D eigenvalue weighted by molar-refractivity contribution is -0.141. The van der Waals surface area contributed by atoms with E-state index in [-0.39, 0.29) is 5.91 Å². The number of nitrogens with two attached hydrogens (primary N) is 2. The first kappa shape index (κ1) is 11.0. The number of rotatable bonds is 2. The number of hydrogen-bond donors (Lipinski definition) is 2. The molecule has 0 bridgehead atoms. The monoisotopic (exact) mass is 199 g/mol. The highest BCUT2D eigenvalue weighted by Gasteiger charge is 2.31. The summed E-state index contributed by atoms with van der Waals surface area (Å²) in [6.45, 7) is 2.21. The third-order valence-electron chi connectivity index (χ3n) is 2.50. The lowest BCUT2D eigenvalue weighted by Crippen LogP contribution is -2.54. The van der Waals surface area contributed by atoms with Crippen LogP contribution in [0.15, 0.2) is 0 Å². The molecule has 2 unspecified atom stereocenters. The number of nitrogens with zero attached hydrogens (tertiary/aromatic N) is 1. The minimum atomic E-state index is -0.560. The number of piperidine rings is 1. The Hall–Kier alpha value is -1.10. The van der Waals surface area contributed by atoms with Gasteiger partial charge in [-0.15, -0.1) is 0 Å². The van der Waals surface area contributed by atoms with E-state index in [1.54, 1.807) is 6.92 Å². The van der Waals surface area contributed by atoms with Gasteiger partial charge in [0.15, 0.2) is 0 Å². The first-order valence-electron chi connectivity index (χ1n) is 4.89. The minimum absolute atomic E-state index is 0.187. The Morgan fingerprint density at radius 3 is 2.57 bits per heavy atom. The highest BCUT2D eigenvalue weighted by Crippen LogP contribution is 2.17. The van der Waals surface area contributed by atoms with E-state index in [2.05, 4.69) is 0 Å². The maximum absolute atomic E-state index is 11.6. The number of carbonyl (C=O) groups excluding carboxylic acids is 2. The first-order chi connectivity index (χ1) is 6.54. The summed E-state index contributed by atoms with van der Waals surface area (Å²) in [6, 6.07) is -1.02. The first-order valence-corrected chi connectivity index (χ1v) is 4.89. The topological polar surface area (TPSA) is 89.4 Å². The van der Waals surface area contributed by atoms with Crippen molar-refractivity contribution in [1.82, 2.24) is 4.90 Å². The van der Waals surface area contributed by atoms with Gasteiger partial charge < -0.3 is 16.4 Å². The van der Waals surface area contributed by atoms with Crippen molar-refractivity contribution in [2.45, 2.75) is 38.3 Å². The van der Waals surface area contributed by atoms with Gasteiger partial charge in [-0.25, -0.2) is 0 Å². The Morgan fingerprint density at radius 2 is 2.07 bits per heavy atom. The van der Waals surface area contributed by atoms with Gasteiger partial charge in [0.2, 0.25) is 11.8 Å². The van der Waals surface area contributed by atoms with Gasteiger partial charge in [0.25, 0.3) is 0 Å². The van der Waals surface area contributed by atoms with E-state index >= 15 is 0 Å². The van der Waals surface area contributed by atoms with Crippen LogP contribution in [-0.2, 0) is 9.59 Å². The lowest BCUT2D eigenvalue weighted by atomic mass is 10.0. The number of likely N-dealkylation sites (tertiary alicyclic amines) is 1. The van der Waals surface area contributed by atoms with Gasteiger partial charge >= 0.3 is 0 Å². The summed E-state index contributed by atoms with van der Waals surface area (Å²) in [5.41, 5.74) is 10.7. The van der Waals surface area contributed by atoms with E-state index in [0.717, 1.165) is 12.8 Å². The molecule has 0 radical (unpaired) electrons. The van der Waals surface area contributed by atoms with Crippen LogP contribution in [0.5, 0.6) is 0 Å². The summed E-state index contributed by atoms with van der Waals surface area (Å²) in [4.78, 5) is 24.2. The molecule has 2 atom stereocenters. The molecule has 0 aliphatic carbocycles. The Kier molecular flexibility index (Phi) is 3.46. The van der Waals surface area contributed by atoms with Gasteiger partial charge in [-0.2, -0.15) is 0 Å². The molecular formula is C9H17N3O2. The summed E-state index contributed by atoms with van der Waals surface area (Å²) in [7, 11) is 0. The molecule has 1 aliphatic rings. The van der Waals surface area contributed by atoms with Crippen LogP contribution in [0.4, 0.5) is 0 Å². The molecule has 4 N–H and O–H groups in total. The fourth-order valence-corrected chi connectivity index (χ4v) is 1.75. The van der Waals surface area contributed by atoms with E-state index in [1.165, 1.54) is 4.90 Å². The fraction of sp³-hybridized carbons (Fsp3) is 0.778. The third-order valence-corrected chi connectivity index (χ3v) is 2.50. The third kappa shape index (κ3) is 2.23. The Balaban J connectivity index is 2.72. The second kappa shape index (κ2) is 4.41. The van der Waals surface area contributed by atoms with Crippen LogP contribution >= 0.6 is 0 Å².